The topological polar surface area (TPSA) is 38.9 Å². The SMILES string of the molecule is Clc1ccc2oc3cc(-c4nc(-c5ccccc5)c5sc6ccccc6c5n4)c4ccccc4c3c2c1. The average molecular weight is 513 g/mol. The zero-order valence-corrected chi connectivity index (χ0v) is 21.0. The van der Waals surface area contributed by atoms with Gasteiger partial charge in [-0.2, -0.15) is 0 Å². The van der Waals surface area contributed by atoms with Crippen molar-refractivity contribution in [3.8, 4) is 22.6 Å². The van der Waals surface area contributed by atoms with Gasteiger partial charge in [-0.1, -0.05) is 84.4 Å². The number of thiophene rings is 1. The monoisotopic (exact) mass is 512 g/mol. The van der Waals surface area contributed by atoms with Crippen molar-refractivity contribution in [2.45, 2.75) is 0 Å². The summed E-state index contributed by atoms with van der Waals surface area (Å²) in [7, 11) is 0. The van der Waals surface area contributed by atoms with Gasteiger partial charge in [-0.25, -0.2) is 9.97 Å². The van der Waals surface area contributed by atoms with Gasteiger partial charge in [0.2, 0.25) is 0 Å². The summed E-state index contributed by atoms with van der Waals surface area (Å²) in [4.78, 5) is 10.4. The second-order valence-corrected chi connectivity index (χ2v) is 10.6. The van der Waals surface area contributed by atoms with Gasteiger partial charge in [0.15, 0.2) is 5.82 Å². The number of benzene rings is 5. The summed E-state index contributed by atoms with van der Waals surface area (Å²) < 4.78 is 8.62. The lowest BCUT2D eigenvalue weighted by atomic mass is 9.98. The van der Waals surface area contributed by atoms with Crippen LogP contribution in [0.4, 0.5) is 0 Å². The Morgan fingerprint density at radius 1 is 0.649 bits per heavy atom. The highest BCUT2D eigenvalue weighted by Crippen LogP contribution is 2.43. The standard InChI is InChI=1S/C32H17ClN2OS/c33-19-14-15-25-24(16-19)28-21-11-5-4-10-20(21)23(17-26(28)36-25)32-34-29(18-8-2-1-3-9-18)31-30(35-32)22-12-6-7-13-27(22)37-31/h1-17H. The second-order valence-electron chi connectivity index (χ2n) is 9.12. The van der Waals surface area contributed by atoms with Crippen LogP contribution < -0.4 is 0 Å². The van der Waals surface area contributed by atoms with Crippen LogP contribution in [0.3, 0.4) is 0 Å². The Hall–Kier alpha value is -4.25. The number of aromatic nitrogens is 2. The first-order valence-corrected chi connectivity index (χ1v) is 13.2. The van der Waals surface area contributed by atoms with Gasteiger partial charge in [0, 0.05) is 37.0 Å². The predicted molar refractivity (Wildman–Crippen MR) is 156 cm³/mol. The van der Waals surface area contributed by atoms with Crippen molar-refractivity contribution >= 4 is 76.0 Å². The highest BCUT2D eigenvalue weighted by molar-refractivity contribution is 7.26. The van der Waals surface area contributed by atoms with E-state index in [0.717, 1.165) is 65.1 Å². The number of hydrogen-bond acceptors (Lipinski definition) is 4. The normalized spacial score (nSPS) is 11.9. The van der Waals surface area contributed by atoms with E-state index in [-0.39, 0.29) is 0 Å². The fraction of sp³-hybridized carbons (Fsp3) is 0. The molecule has 0 aliphatic carbocycles. The number of halogens is 1. The molecule has 8 rings (SSSR count). The van der Waals surface area contributed by atoms with Crippen LogP contribution >= 0.6 is 22.9 Å². The average Bonchev–Trinajstić information content (AvgIpc) is 3.50. The highest BCUT2D eigenvalue weighted by atomic mass is 35.5. The highest BCUT2D eigenvalue weighted by Gasteiger charge is 2.20. The number of hydrogen-bond donors (Lipinski definition) is 0. The summed E-state index contributed by atoms with van der Waals surface area (Å²) in [6.45, 7) is 0. The molecule has 0 amide bonds. The van der Waals surface area contributed by atoms with E-state index < -0.39 is 0 Å². The zero-order valence-electron chi connectivity index (χ0n) is 19.4. The quantitative estimate of drug-likeness (QED) is 0.231. The van der Waals surface area contributed by atoms with Crippen molar-refractivity contribution in [1.82, 2.24) is 9.97 Å². The number of rotatable bonds is 2. The first-order chi connectivity index (χ1) is 18.2. The summed E-state index contributed by atoms with van der Waals surface area (Å²) in [6, 6.07) is 35.0. The lowest BCUT2D eigenvalue weighted by Crippen LogP contribution is -1.94. The Balaban J connectivity index is 1.52. The molecule has 3 nitrogen and oxygen atoms in total. The summed E-state index contributed by atoms with van der Waals surface area (Å²) in [5.74, 6) is 0.687. The summed E-state index contributed by atoms with van der Waals surface area (Å²) in [5, 5.41) is 6.07. The van der Waals surface area contributed by atoms with Crippen molar-refractivity contribution in [3.05, 3.63) is 108 Å². The van der Waals surface area contributed by atoms with E-state index in [2.05, 4.69) is 78.9 Å². The predicted octanol–water partition coefficient (Wildman–Crippen LogP) is 9.88. The van der Waals surface area contributed by atoms with E-state index >= 15 is 0 Å². The Labute approximate surface area is 220 Å². The maximum Gasteiger partial charge on any atom is 0.161 e. The molecular formula is C32H17ClN2OS. The van der Waals surface area contributed by atoms with Crippen molar-refractivity contribution in [3.63, 3.8) is 0 Å². The fourth-order valence-electron chi connectivity index (χ4n) is 5.30. The van der Waals surface area contributed by atoms with Gasteiger partial charge in [-0.15, -0.1) is 11.3 Å². The van der Waals surface area contributed by atoms with Crippen molar-refractivity contribution < 1.29 is 4.42 Å². The fourth-order valence-corrected chi connectivity index (χ4v) is 6.63. The third-order valence-electron chi connectivity index (χ3n) is 6.95. The van der Waals surface area contributed by atoms with E-state index in [4.69, 9.17) is 26.0 Å². The van der Waals surface area contributed by atoms with Crippen molar-refractivity contribution in [1.29, 1.82) is 0 Å². The van der Waals surface area contributed by atoms with Gasteiger partial charge in [0.05, 0.1) is 15.9 Å². The maximum atomic E-state index is 6.36. The Morgan fingerprint density at radius 3 is 2.27 bits per heavy atom. The minimum atomic E-state index is 0.687. The molecule has 0 saturated carbocycles. The van der Waals surface area contributed by atoms with Gasteiger partial charge < -0.3 is 4.42 Å². The molecule has 0 aliphatic heterocycles. The van der Waals surface area contributed by atoms with E-state index in [1.807, 2.05) is 24.3 Å². The van der Waals surface area contributed by atoms with Crippen LogP contribution in [-0.2, 0) is 0 Å². The number of nitrogens with zero attached hydrogens (tertiary/aromatic N) is 2. The molecule has 0 atom stereocenters. The van der Waals surface area contributed by atoms with Crippen molar-refractivity contribution in [2.24, 2.45) is 0 Å². The van der Waals surface area contributed by atoms with E-state index in [9.17, 15) is 0 Å². The molecule has 0 radical (unpaired) electrons. The molecule has 0 unspecified atom stereocenters. The smallest absolute Gasteiger partial charge is 0.161 e. The van der Waals surface area contributed by atoms with Crippen LogP contribution in [0.25, 0.3) is 75.7 Å². The molecule has 0 fully saturated rings. The second kappa shape index (κ2) is 7.87. The molecule has 5 heteroatoms. The van der Waals surface area contributed by atoms with Crippen LogP contribution in [0.1, 0.15) is 0 Å². The van der Waals surface area contributed by atoms with Crippen LogP contribution in [0.2, 0.25) is 5.02 Å². The molecule has 0 bridgehead atoms. The first kappa shape index (κ1) is 20.9. The molecule has 37 heavy (non-hydrogen) atoms. The van der Waals surface area contributed by atoms with Gasteiger partial charge in [-0.3, -0.25) is 0 Å². The third-order valence-corrected chi connectivity index (χ3v) is 8.35. The molecule has 5 aromatic carbocycles. The summed E-state index contributed by atoms with van der Waals surface area (Å²) in [5.41, 5.74) is 5.56. The van der Waals surface area contributed by atoms with Crippen LogP contribution in [0, 0.1) is 0 Å². The minimum Gasteiger partial charge on any atom is -0.456 e. The van der Waals surface area contributed by atoms with Crippen LogP contribution in [0.5, 0.6) is 0 Å². The molecule has 8 aromatic rings. The first-order valence-electron chi connectivity index (χ1n) is 12.0. The molecule has 3 heterocycles. The molecule has 174 valence electrons. The van der Waals surface area contributed by atoms with E-state index in [1.54, 1.807) is 11.3 Å². The molecule has 0 spiro atoms. The van der Waals surface area contributed by atoms with Crippen LogP contribution in [0.15, 0.2) is 108 Å². The van der Waals surface area contributed by atoms with E-state index in [0.29, 0.717) is 10.8 Å². The Morgan fingerprint density at radius 2 is 1.41 bits per heavy atom. The largest absolute Gasteiger partial charge is 0.456 e. The molecule has 0 aliphatic rings. The Bertz CT molecular complexity index is 2160. The molecule has 0 saturated heterocycles. The number of furan rings is 1. The van der Waals surface area contributed by atoms with Gasteiger partial charge >= 0.3 is 0 Å². The van der Waals surface area contributed by atoms with Crippen LogP contribution in [-0.4, -0.2) is 9.97 Å². The Kier molecular flexibility index (Phi) is 4.45. The summed E-state index contributed by atoms with van der Waals surface area (Å²) in [6.07, 6.45) is 0. The molecule has 3 aromatic heterocycles. The molecular weight excluding hydrogens is 496 g/mol. The third kappa shape index (κ3) is 3.13. The van der Waals surface area contributed by atoms with Gasteiger partial charge in [0.25, 0.3) is 0 Å². The van der Waals surface area contributed by atoms with Gasteiger partial charge in [-0.05, 0) is 41.1 Å². The lowest BCUT2D eigenvalue weighted by Gasteiger charge is -2.10. The lowest BCUT2D eigenvalue weighted by molar-refractivity contribution is 0.669. The zero-order chi connectivity index (χ0) is 24.5. The van der Waals surface area contributed by atoms with Gasteiger partial charge in [0.1, 0.15) is 11.2 Å². The molecule has 0 N–H and O–H groups in total. The maximum absolute atomic E-state index is 6.36. The minimum absolute atomic E-state index is 0.687. The van der Waals surface area contributed by atoms with Crippen molar-refractivity contribution in [2.75, 3.05) is 0 Å². The number of fused-ring (bicyclic) bond motifs is 8. The summed E-state index contributed by atoms with van der Waals surface area (Å²) >= 11 is 8.10. The van der Waals surface area contributed by atoms with E-state index in [1.165, 1.54) is 4.70 Å².